The SMILES string of the molecule is CN(Cc1ccccc1)C(=O)c1ccnc(Nc2ccc(F)c(Cl)c2)n1. The van der Waals surface area contributed by atoms with Crippen LogP contribution in [0.2, 0.25) is 5.02 Å². The van der Waals surface area contributed by atoms with Crippen LogP contribution in [-0.4, -0.2) is 27.8 Å². The van der Waals surface area contributed by atoms with Gasteiger partial charge in [0.25, 0.3) is 5.91 Å². The molecule has 0 atom stereocenters. The van der Waals surface area contributed by atoms with Crippen molar-refractivity contribution in [3.05, 3.63) is 82.9 Å². The van der Waals surface area contributed by atoms with Gasteiger partial charge in [0.1, 0.15) is 11.5 Å². The van der Waals surface area contributed by atoms with Gasteiger partial charge in [0.15, 0.2) is 0 Å². The number of hydrogen-bond donors (Lipinski definition) is 1. The van der Waals surface area contributed by atoms with Gasteiger partial charge in [-0.1, -0.05) is 41.9 Å². The fourth-order valence-corrected chi connectivity index (χ4v) is 2.55. The highest BCUT2D eigenvalue weighted by Gasteiger charge is 2.14. The summed E-state index contributed by atoms with van der Waals surface area (Å²) in [5.74, 6) is -0.507. The quantitative estimate of drug-likeness (QED) is 0.728. The van der Waals surface area contributed by atoms with Gasteiger partial charge in [0, 0.05) is 25.5 Å². The minimum atomic E-state index is -0.510. The van der Waals surface area contributed by atoms with Crippen LogP contribution in [0, 0.1) is 5.82 Å². The molecule has 0 unspecified atom stereocenters. The molecule has 5 nitrogen and oxygen atoms in total. The number of nitrogens with one attached hydrogen (secondary N) is 1. The molecule has 26 heavy (non-hydrogen) atoms. The van der Waals surface area contributed by atoms with Crippen molar-refractivity contribution in [3.8, 4) is 0 Å². The van der Waals surface area contributed by atoms with E-state index in [-0.39, 0.29) is 22.6 Å². The summed E-state index contributed by atoms with van der Waals surface area (Å²) in [6.07, 6.45) is 1.49. The van der Waals surface area contributed by atoms with Gasteiger partial charge in [-0.05, 0) is 29.8 Å². The number of benzene rings is 2. The van der Waals surface area contributed by atoms with Gasteiger partial charge in [0.05, 0.1) is 5.02 Å². The highest BCUT2D eigenvalue weighted by Crippen LogP contribution is 2.21. The minimum absolute atomic E-state index is 0.00942. The molecular weight excluding hydrogens is 355 g/mol. The van der Waals surface area contributed by atoms with Crippen molar-refractivity contribution in [3.63, 3.8) is 0 Å². The predicted molar refractivity (Wildman–Crippen MR) is 99.0 cm³/mol. The molecule has 3 rings (SSSR count). The van der Waals surface area contributed by atoms with Gasteiger partial charge in [-0.25, -0.2) is 14.4 Å². The second-order valence-electron chi connectivity index (χ2n) is 5.67. The molecule has 7 heteroatoms. The molecule has 0 aliphatic carbocycles. The average molecular weight is 371 g/mol. The van der Waals surface area contributed by atoms with E-state index in [1.165, 1.54) is 24.4 Å². The maximum Gasteiger partial charge on any atom is 0.272 e. The van der Waals surface area contributed by atoms with Crippen LogP contribution in [0.5, 0.6) is 0 Å². The molecule has 0 saturated heterocycles. The summed E-state index contributed by atoms with van der Waals surface area (Å²) in [5, 5.41) is 2.90. The Bertz CT molecular complexity index is 920. The minimum Gasteiger partial charge on any atom is -0.336 e. The maximum absolute atomic E-state index is 13.2. The third kappa shape index (κ3) is 4.34. The molecule has 1 amide bonds. The Morgan fingerprint density at radius 2 is 1.96 bits per heavy atom. The summed E-state index contributed by atoms with van der Waals surface area (Å²) >= 11 is 5.76. The second-order valence-corrected chi connectivity index (χ2v) is 6.07. The number of halogens is 2. The van der Waals surface area contributed by atoms with Crippen molar-refractivity contribution in [2.24, 2.45) is 0 Å². The van der Waals surface area contributed by atoms with Crippen LogP contribution in [0.1, 0.15) is 16.1 Å². The molecule has 132 valence electrons. The smallest absolute Gasteiger partial charge is 0.272 e. The highest BCUT2D eigenvalue weighted by molar-refractivity contribution is 6.31. The largest absolute Gasteiger partial charge is 0.336 e. The molecule has 0 aliphatic rings. The van der Waals surface area contributed by atoms with Crippen LogP contribution in [0.3, 0.4) is 0 Å². The van der Waals surface area contributed by atoms with E-state index in [1.807, 2.05) is 30.3 Å². The number of aromatic nitrogens is 2. The zero-order valence-corrected chi connectivity index (χ0v) is 14.7. The van der Waals surface area contributed by atoms with Gasteiger partial charge < -0.3 is 10.2 Å². The van der Waals surface area contributed by atoms with E-state index >= 15 is 0 Å². The number of anilines is 2. The van der Waals surface area contributed by atoms with E-state index in [0.29, 0.717) is 12.2 Å². The Kier molecular flexibility index (Phi) is 5.43. The number of hydrogen-bond acceptors (Lipinski definition) is 4. The third-order valence-electron chi connectivity index (χ3n) is 3.66. The first-order valence-electron chi connectivity index (χ1n) is 7.87. The lowest BCUT2D eigenvalue weighted by molar-refractivity contribution is 0.0779. The molecule has 3 aromatic rings. The average Bonchev–Trinajstić information content (AvgIpc) is 2.65. The first-order chi connectivity index (χ1) is 12.5. The summed E-state index contributed by atoms with van der Waals surface area (Å²) in [4.78, 5) is 22.5. The molecule has 1 N–H and O–H groups in total. The second kappa shape index (κ2) is 7.93. The van der Waals surface area contributed by atoms with E-state index in [0.717, 1.165) is 5.56 Å². The summed E-state index contributed by atoms with van der Waals surface area (Å²) in [6.45, 7) is 0.472. The van der Waals surface area contributed by atoms with E-state index < -0.39 is 5.82 Å². The Morgan fingerprint density at radius 1 is 1.19 bits per heavy atom. The molecule has 0 radical (unpaired) electrons. The van der Waals surface area contributed by atoms with Crippen LogP contribution >= 0.6 is 11.6 Å². The van der Waals surface area contributed by atoms with Crippen LogP contribution in [0.25, 0.3) is 0 Å². The number of nitrogens with zero attached hydrogens (tertiary/aromatic N) is 3. The van der Waals surface area contributed by atoms with Crippen LogP contribution in [0.15, 0.2) is 60.8 Å². The van der Waals surface area contributed by atoms with Gasteiger partial charge in [0.2, 0.25) is 5.95 Å². The fourth-order valence-electron chi connectivity index (χ4n) is 2.37. The molecule has 1 heterocycles. The molecular formula is C19H16ClFN4O. The van der Waals surface area contributed by atoms with E-state index in [4.69, 9.17) is 11.6 Å². The summed E-state index contributed by atoms with van der Waals surface area (Å²) < 4.78 is 13.2. The predicted octanol–water partition coefficient (Wildman–Crippen LogP) is 4.28. The fraction of sp³-hybridized carbons (Fsp3) is 0.105. The lowest BCUT2D eigenvalue weighted by Gasteiger charge is -2.17. The van der Waals surface area contributed by atoms with Crippen molar-refractivity contribution in [1.82, 2.24) is 14.9 Å². The molecule has 0 spiro atoms. The maximum atomic E-state index is 13.2. The van der Waals surface area contributed by atoms with Gasteiger partial charge in [-0.2, -0.15) is 0 Å². The van der Waals surface area contributed by atoms with Crippen LogP contribution in [0.4, 0.5) is 16.0 Å². The Hall–Kier alpha value is -2.99. The highest BCUT2D eigenvalue weighted by atomic mass is 35.5. The Morgan fingerprint density at radius 3 is 2.69 bits per heavy atom. The third-order valence-corrected chi connectivity index (χ3v) is 3.95. The zero-order valence-electron chi connectivity index (χ0n) is 14.0. The summed E-state index contributed by atoms with van der Waals surface area (Å²) in [7, 11) is 1.71. The molecule has 0 aliphatic heterocycles. The van der Waals surface area contributed by atoms with Crippen molar-refractivity contribution >= 4 is 29.1 Å². The van der Waals surface area contributed by atoms with E-state index in [9.17, 15) is 9.18 Å². The number of rotatable bonds is 5. The lowest BCUT2D eigenvalue weighted by Crippen LogP contribution is -2.27. The Labute approximate surface area is 155 Å². The monoisotopic (exact) mass is 370 g/mol. The lowest BCUT2D eigenvalue weighted by atomic mass is 10.2. The summed E-state index contributed by atoms with van der Waals surface area (Å²) in [5.41, 5.74) is 1.81. The molecule has 2 aromatic carbocycles. The van der Waals surface area contributed by atoms with Crippen LogP contribution < -0.4 is 5.32 Å². The number of amides is 1. The molecule has 0 saturated carbocycles. The normalized spacial score (nSPS) is 10.4. The van der Waals surface area contributed by atoms with Crippen molar-refractivity contribution < 1.29 is 9.18 Å². The van der Waals surface area contributed by atoms with Gasteiger partial charge in [-0.15, -0.1) is 0 Å². The van der Waals surface area contributed by atoms with Crippen molar-refractivity contribution in [2.45, 2.75) is 6.54 Å². The zero-order chi connectivity index (χ0) is 18.5. The molecule has 0 bridgehead atoms. The molecule has 1 aromatic heterocycles. The number of carbonyl (C=O) groups is 1. The van der Waals surface area contributed by atoms with Crippen molar-refractivity contribution in [1.29, 1.82) is 0 Å². The first kappa shape index (κ1) is 17.8. The standard InChI is InChI=1S/C19H16ClFN4O/c1-25(12-13-5-3-2-4-6-13)18(26)17-9-10-22-19(24-17)23-14-7-8-16(21)15(20)11-14/h2-11H,12H2,1H3,(H,22,23,24). The molecule has 0 fully saturated rings. The number of carbonyl (C=O) groups excluding carboxylic acids is 1. The first-order valence-corrected chi connectivity index (χ1v) is 8.25. The van der Waals surface area contributed by atoms with Gasteiger partial charge >= 0.3 is 0 Å². The topological polar surface area (TPSA) is 58.1 Å². The summed E-state index contributed by atoms with van der Waals surface area (Å²) in [6, 6.07) is 15.4. The van der Waals surface area contributed by atoms with E-state index in [1.54, 1.807) is 18.0 Å². The van der Waals surface area contributed by atoms with E-state index in [2.05, 4.69) is 15.3 Å². The Balaban J connectivity index is 1.73. The van der Waals surface area contributed by atoms with Gasteiger partial charge in [-0.3, -0.25) is 4.79 Å². The van der Waals surface area contributed by atoms with Crippen LogP contribution in [-0.2, 0) is 6.54 Å². The van der Waals surface area contributed by atoms with Crippen molar-refractivity contribution in [2.75, 3.05) is 12.4 Å².